The molecule has 5 nitrogen and oxygen atoms in total. The maximum atomic E-state index is 12.5. The number of rotatable bonds is 6. The summed E-state index contributed by atoms with van der Waals surface area (Å²) in [5, 5.41) is 22.1. The second kappa shape index (κ2) is 8.08. The van der Waals surface area contributed by atoms with Gasteiger partial charge < -0.3 is 24.7 Å². The lowest BCUT2D eigenvalue weighted by Crippen LogP contribution is -2.50. The van der Waals surface area contributed by atoms with Crippen LogP contribution in [0.4, 0.5) is 0 Å². The first kappa shape index (κ1) is 21.8. The summed E-state index contributed by atoms with van der Waals surface area (Å²) in [6, 6.07) is 20.8. The largest absolute Gasteiger partial charge is 0.494 e. The van der Waals surface area contributed by atoms with Crippen molar-refractivity contribution in [2.45, 2.75) is 37.4 Å². The van der Waals surface area contributed by atoms with Crippen LogP contribution in [0.5, 0.6) is 17.2 Å². The Morgan fingerprint density at radius 1 is 1.03 bits per heavy atom. The van der Waals surface area contributed by atoms with Crippen LogP contribution in [0.15, 0.2) is 66.7 Å². The highest BCUT2D eigenvalue weighted by molar-refractivity contribution is 6.30. The quantitative estimate of drug-likeness (QED) is 0.483. The van der Waals surface area contributed by atoms with Gasteiger partial charge in [0, 0.05) is 23.1 Å². The van der Waals surface area contributed by atoms with Crippen LogP contribution >= 0.6 is 11.6 Å². The molecule has 1 saturated carbocycles. The van der Waals surface area contributed by atoms with Crippen molar-refractivity contribution in [3.8, 4) is 17.2 Å². The van der Waals surface area contributed by atoms with Crippen molar-refractivity contribution >= 4 is 17.3 Å². The zero-order chi connectivity index (χ0) is 23.2. The van der Waals surface area contributed by atoms with Crippen molar-refractivity contribution in [1.82, 2.24) is 0 Å². The fourth-order valence-electron chi connectivity index (χ4n) is 5.35. The van der Waals surface area contributed by atoms with Crippen molar-refractivity contribution in [3.05, 3.63) is 88.4 Å². The van der Waals surface area contributed by atoms with Crippen LogP contribution in [0.3, 0.4) is 0 Å². The number of hydrogen-bond acceptors (Lipinski definition) is 5. The van der Waals surface area contributed by atoms with E-state index in [4.69, 9.17) is 31.2 Å². The summed E-state index contributed by atoms with van der Waals surface area (Å²) >= 11 is 6.20. The van der Waals surface area contributed by atoms with Crippen LogP contribution in [0, 0.1) is 5.41 Å². The molecule has 5 rings (SSSR count). The van der Waals surface area contributed by atoms with Gasteiger partial charge in [0.1, 0.15) is 17.2 Å². The lowest BCUT2D eigenvalue weighted by molar-refractivity contribution is -0.0749. The van der Waals surface area contributed by atoms with E-state index in [9.17, 15) is 5.11 Å². The number of benzene rings is 3. The van der Waals surface area contributed by atoms with E-state index in [0.29, 0.717) is 47.5 Å². The van der Waals surface area contributed by atoms with Crippen LogP contribution in [-0.2, 0) is 11.2 Å². The minimum Gasteiger partial charge on any atom is -0.494 e. The number of nitrogens with one attached hydrogen (secondary N) is 1. The Morgan fingerprint density at radius 2 is 1.73 bits per heavy atom. The van der Waals surface area contributed by atoms with Gasteiger partial charge in [-0.3, -0.25) is 0 Å². The molecule has 0 bridgehead atoms. The van der Waals surface area contributed by atoms with E-state index in [1.54, 1.807) is 24.3 Å². The Labute approximate surface area is 198 Å². The summed E-state index contributed by atoms with van der Waals surface area (Å²) in [4.78, 5) is 0. The van der Waals surface area contributed by atoms with Gasteiger partial charge in [-0.25, -0.2) is 0 Å². The highest BCUT2D eigenvalue weighted by atomic mass is 35.5. The van der Waals surface area contributed by atoms with E-state index in [1.165, 1.54) is 0 Å². The Balaban J connectivity index is 1.80. The van der Waals surface area contributed by atoms with E-state index in [-0.39, 0.29) is 11.6 Å². The molecule has 3 atom stereocenters. The summed E-state index contributed by atoms with van der Waals surface area (Å²) in [6.07, 6.45) is 0.349. The number of halogens is 1. The van der Waals surface area contributed by atoms with Crippen LogP contribution in [0.2, 0.25) is 5.02 Å². The van der Waals surface area contributed by atoms with Crippen LogP contribution < -0.4 is 14.2 Å². The first-order chi connectivity index (χ1) is 16.0. The van der Waals surface area contributed by atoms with Gasteiger partial charge in [-0.2, -0.15) is 0 Å². The van der Waals surface area contributed by atoms with Gasteiger partial charge >= 0.3 is 0 Å². The molecule has 1 unspecified atom stereocenters. The van der Waals surface area contributed by atoms with Crippen LogP contribution in [0.25, 0.3) is 0 Å². The molecule has 0 amide bonds. The molecule has 170 valence electrons. The van der Waals surface area contributed by atoms with Gasteiger partial charge in [0.2, 0.25) is 0 Å². The molecular formula is C27H26ClNO4. The van der Waals surface area contributed by atoms with Gasteiger partial charge in [0.05, 0.1) is 24.5 Å². The molecule has 1 aliphatic carbocycles. The first-order valence-corrected chi connectivity index (χ1v) is 11.6. The van der Waals surface area contributed by atoms with Gasteiger partial charge in [0.15, 0.2) is 11.2 Å². The first-order valence-electron chi connectivity index (χ1n) is 11.2. The summed E-state index contributed by atoms with van der Waals surface area (Å²) in [5.41, 5.74) is -0.562. The monoisotopic (exact) mass is 463 g/mol. The molecule has 3 aromatic rings. The molecule has 0 radical (unpaired) electrons. The third-order valence-electron chi connectivity index (χ3n) is 6.63. The van der Waals surface area contributed by atoms with Gasteiger partial charge in [-0.15, -0.1) is 0 Å². The van der Waals surface area contributed by atoms with E-state index < -0.39 is 11.2 Å². The van der Waals surface area contributed by atoms with Gasteiger partial charge in [0.25, 0.3) is 0 Å². The third-order valence-corrected chi connectivity index (χ3v) is 6.88. The fraction of sp³-hybridized carbons (Fsp3) is 0.296. The zero-order valence-corrected chi connectivity index (χ0v) is 19.4. The summed E-state index contributed by atoms with van der Waals surface area (Å²) in [7, 11) is 0. The SMILES string of the molecule is CCOc1cc(OCC)c2c(c1)OC1(c3ccc(Cl)cc3)[C@H](c3ccccc3)CC(=N)[C@@]21O. The summed E-state index contributed by atoms with van der Waals surface area (Å²) < 4.78 is 18.5. The van der Waals surface area contributed by atoms with Gasteiger partial charge in [-0.05, 0) is 43.5 Å². The molecule has 1 heterocycles. The van der Waals surface area contributed by atoms with E-state index >= 15 is 0 Å². The zero-order valence-electron chi connectivity index (χ0n) is 18.6. The number of fused-ring (bicyclic) bond motifs is 3. The van der Waals surface area contributed by atoms with Crippen molar-refractivity contribution < 1.29 is 19.3 Å². The second-order valence-corrected chi connectivity index (χ2v) is 8.80. The third kappa shape index (κ3) is 3.06. The molecule has 3 aromatic carbocycles. The Kier molecular flexibility index (Phi) is 5.34. The maximum Gasteiger partial charge on any atom is 0.179 e. The topological polar surface area (TPSA) is 71.8 Å². The maximum absolute atomic E-state index is 12.5. The lowest BCUT2D eigenvalue weighted by atomic mass is 9.71. The molecule has 2 aliphatic rings. The molecule has 0 aromatic heterocycles. The summed E-state index contributed by atoms with van der Waals surface area (Å²) in [6.45, 7) is 4.69. The van der Waals surface area contributed by atoms with Crippen molar-refractivity contribution in [1.29, 1.82) is 5.41 Å². The predicted molar refractivity (Wildman–Crippen MR) is 128 cm³/mol. The average Bonchev–Trinajstić information content (AvgIpc) is 3.21. The second-order valence-electron chi connectivity index (χ2n) is 8.36. The van der Waals surface area contributed by atoms with Crippen molar-refractivity contribution in [2.75, 3.05) is 13.2 Å². The standard InChI is InChI=1S/C27H26ClNO4/c1-3-31-20-14-22(32-4-2)25-23(15-20)33-27(18-10-12-19(28)13-11-18)21(16-24(29)26(25,27)30)17-8-6-5-7-9-17/h5-15,21,29-30H,3-4,16H2,1-2H3/t21-,26+,27?/m0/s1. The molecule has 0 spiro atoms. The molecule has 33 heavy (non-hydrogen) atoms. The molecular weight excluding hydrogens is 438 g/mol. The minimum absolute atomic E-state index is 0.190. The van der Waals surface area contributed by atoms with E-state index in [0.717, 1.165) is 11.1 Å². The Morgan fingerprint density at radius 3 is 2.39 bits per heavy atom. The highest BCUT2D eigenvalue weighted by Gasteiger charge is 2.72. The Bertz CT molecular complexity index is 1200. The molecule has 0 saturated heterocycles. The van der Waals surface area contributed by atoms with Crippen molar-refractivity contribution in [2.24, 2.45) is 0 Å². The predicted octanol–water partition coefficient (Wildman–Crippen LogP) is 5.82. The highest BCUT2D eigenvalue weighted by Crippen LogP contribution is 2.67. The number of hydrogen-bond donors (Lipinski definition) is 2. The Hall–Kier alpha value is -3.02. The van der Waals surface area contributed by atoms with E-state index in [2.05, 4.69) is 0 Å². The molecule has 1 fully saturated rings. The normalized spacial score (nSPS) is 25.3. The number of aliphatic hydroxyl groups is 1. The molecule has 6 heteroatoms. The smallest absolute Gasteiger partial charge is 0.179 e. The number of ether oxygens (including phenoxy) is 3. The molecule has 2 N–H and O–H groups in total. The fourth-order valence-corrected chi connectivity index (χ4v) is 5.48. The van der Waals surface area contributed by atoms with E-state index in [1.807, 2.05) is 56.3 Å². The minimum atomic E-state index is -1.72. The average molecular weight is 464 g/mol. The summed E-state index contributed by atoms with van der Waals surface area (Å²) in [5.74, 6) is 1.23. The van der Waals surface area contributed by atoms with Gasteiger partial charge in [-0.1, -0.05) is 54.1 Å². The molecule has 1 aliphatic heterocycles. The van der Waals surface area contributed by atoms with Crippen LogP contribution in [-0.4, -0.2) is 24.0 Å². The van der Waals surface area contributed by atoms with Crippen LogP contribution in [0.1, 0.15) is 42.9 Å². The lowest BCUT2D eigenvalue weighted by Gasteiger charge is -2.39. The van der Waals surface area contributed by atoms with Crippen molar-refractivity contribution in [3.63, 3.8) is 0 Å².